The number of carbonyl (C=O) groups excluding carboxylic acids is 1. The SMILES string of the molecule is Cc1ccc(Cn2ccsc2=NC(=O)c2cccc(C[S@](C)=O)c2)cc1. The molecule has 0 saturated heterocycles. The summed E-state index contributed by atoms with van der Waals surface area (Å²) in [6, 6.07) is 15.5. The molecule has 2 aromatic carbocycles. The fourth-order valence-electron chi connectivity index (χ4n) is 2.58. The first-order valence-corrected chi connectivity index (χ1v) is 10.8. The molecule has 0 aliphatic carbocycles. The molecule has 0 aliphatic rings. The summed E-state index contributed by atoms with van der Waals surface area (Å²) in [5.41, 5.74) is 3.78. The van der Waals surface area contributed by atoms with Gasteiger partial charge in [0.15, 0.2) is 4.80 Å². The number of rotatable bonds is 5. The summed E-state index contributed by atoms with van der Waals surface area (Å²) in [5.74, 6) is 0.155. The Morgan fingerprint density at radius 1 is 1.15 bits per heavy atom. The van der Waals surface area contributed by atoms with Crippen LogP contribution in [0.15, 0.2) is 65.1 Å². The van der Waals surface area contributed by atoms with Gasteiger partial charge in [-0.3, -0.25) is 9.00 Å². The Morgan fingerprint density at radius 2 is 1.92 bits per heavy atom. The highest BCUT2D eigenvalue weighted by Crippen LogP contribution is 2.09. The Hall–Kier alpha value is -2.31. The molecule has 0 N–H and O–H groups in total. The van der Waals surface area contributed by atoms with Crippen molar-refractivity contribution in [3.63, 3.8) is 0 Å². The normalized spacial score (nSPS) is 12.9. The molecule has 1 heterocycles. The second-order valence-corrected chi connectivity index (χ2v) is 8.44. The zero-order chi connectivity index (χ0) is 18.5. The van der Waals surface area contributed by atoms with Crippen LogP contribution in [-0.4, -0.2) is 20.9 Å². The van der Waals surface area contributed by atoms with Crippen molar-refractivity contribution < 1.29 is 9.00 Å². The second kappa shape index (κ2) is 8.38. The standard InChI is InChI=1S/C20H20N2O2S2/c1-15-6-8-16(9-7-15)13-22-10-11-25-20(22)21-19(23)18-5-3-4-17(12-18)14-26(2)24/h3-12H,13-14H2,1-2H3/t26-/m0/s1. The Labute approximate surface area is 159 Å². The lowest BCUT2D eigenvalue weighted by atomic mass is 10.1. The van der Waals surface area contributed by atoms with Crippen molar-refractivity contribution in [2.24, 2.45) is 4.99 Å². The maximum absolute atomic E-state index is 12.6. The highest BCUT2D eigenvalue weighted by Gasteiger charge is 2.07. The van der Waals surface area contributed by atoms with Crippen molar-refractivity contribution >= 4 is 28.0 Å². The average molecular weight is 385 g/mol. The first kappa shape index (κ1) is 18.5. The number of carbonyl (C=O) groups is 1. The van der Waals surface area contributed by atoms with Crippen LogP contribution in [0.25, 0.3) is 0 Å². The molecule has 0 unspecified atom stereocenters. The van der Waals surface area contributed by atoms with Gasteiger partial charge in [-0.2, -0.15) is 4.99 Å². The van der Waals surface area contributed by atoms with E-state index in [9.17, 15) is 9.00 Å². The van der Waals surface area contributed by atoms with Gasteiger partial charge in [-0.1, -0.05) is 42.0 Å². The summed E-state index contributed by atoms with van der Waals surface area (Å²) in [6.45, 7) is 2.73. The Morgan fingerprint density at radius 3 is 2.65 bits per heavy atom. The summed E-state index contributed by atoms with van der Waals surface area (Å²) in [5, 5.41) is 1.93. The number of nitrogens with zero attached hydrogens (tertiary/aromatic N) is 2. The van der Waals surface area contributed by atoms with Gasteiger partial charge < -0.3 is 4.57 Å². The van der Waals surface area contributed by atoms with E-state index in [2.05, 4.69) is 36.2 Å². The highest BCUT2D eigenvalue weighted by atomic mass is 32.2. The Bertz CT molecular complexity index is 1000. The molecule has 1 aromatic heterocycles. The van der Waals surface area contributed by atoms with Gasteiger partial charge in [0.2, 0.25) is 0 Å². The Balaban J connectivity index is 1.84. The molecule has 3 aromatic rings. The van der Waals surface area contributed by atoms with E-state index in [0.717, 1.165) is 11.1 Å². The van der Waals surface area contributed by atoms with E-state index in [1.165, 1.54) is 16.9 Å². The van der Waals surface area contributed by atoms with Gasteiger partial charge in [0.1, 0.15) is 0 Å². The van der Waals surface area contributed by atoms with Crippen LogP contribution in [0.4, 0.5) is 0 Å². The fraction of sp³-hybridized carbons (Fsp3) is 0.200. The van der Waals surface area contributed by atoms with Gasteiger partial charge in [0.25, 0.3) is 5.91 Å². The van der Waals surface area contributed by atoms with Crippen molar-refractivity contribution in [2.45, 2.75) is 19.2 Å². The third-order valence-electron chi connectivity index (χ3n) is 3.87. The number of aryl methyl sites for hydroxylation is 1. The van der Waals surface area contributed by atoms with Crippen LogP contribution in [0.5, 0.6) is 0 Å². The maximum atomic E-state index is 12.6. The van der Waals surface area contributed by atoms with Gasteiger partial charge >= 0.3 is 0 Å². The Kier molecular flexibility index (Phi) is 5.96. The summed E-state index contributed by atoms with van der Waals surface area (Å²) >= 11 is 1.44. The third-order valence-corrected chi connectivity index (χ3v) is 5.41. The molecule has 0 spiro atoms. The van der Waals surface area contributed by atoms with Crippen molar-refractivity contribution in [2.75, 3.05) is 6.26 Å². The van der Waals surface area contributed by atoms with Crippen LogP contribution in [0.2, 0.25) is 0 Å². The van der Waals surface area contributed by atoms with E-state index < -0.39 is 10.8 Å². The average Bonchev–Trinajstić information content (AvgIpc) is 3.03. The lowest BCUT2D eigenvalue weighted by Crippen LogP contribution is -2.17. The monoisotopic (exact) mass is 384 g/mol. The van der Waals surface area contributed by atoms with Crippen molar-refractivity contribution in [3.8, 4) is 0 Å². The molecule has 1 atom stereocenters. The second-order valence-electron chi connectivity index (χ2n) is 6.13. The van der Waals surface area contributed by atoms with Crippen molar-refractivity contribution in [3.05, 3.63) is 87.2 Å². The van der Waals surface area contributed by atoms with E-state index in [1.807, 2.05) is 22.2 Å². The molecule has 0 fully saturated rings. The zero-order valence-electron chi connectivity index (χ0n) is 14.7. The molecular weight excluding hydrogens is 364 g/mol. The van der Waals surface area contributed by atoms with Crippen LogP contribution < -0.4 is 4.80 Å². The molecule has 134 valence electrons. The predicted molar refractivity (Wildman–Crippen MR) is 107 cm³/mol. The first-order valence-electron chi connectivity index (χ1n) is 8.19. The number of benzene rings is 2. The van der Waals surface area contributed by atoms with Gasteiger partial charge in [-0.05, 0) is 30.2 Å². The molecule has 1 amide bonds. The van der Waals surface area contributed by atoms with E-state index in [-0.39, 0.29) is 5.91 Å². The predicted octanol–water partition coefficient (Wildman–Crippen LogP) is 3.53. The van der Waals surface area contributed by atoms with Gasteiger partial charge in [-0.25, -0.2) is 0 Å². The van der Waals surface area contributed by atoms with E-state index in [4.69, 9.17) is 0 Å². The lowest BCUT2D eigenvalue weighted by molar-refractivity contribution is 0.0997. The van der Waals surface area contributed by atoms with Crippen molar-refractivity contribution in [1.29, 1.82) is 0 Å². The quantitative estimate of drug-likeness (QED) is 0.676. The molecular formula is C20H20N2O2S2. The molecule has 3 rings (SSSR count). The molecule has 0 radical (unpaired) electrons. The third kappa shape index (κ3) is 4.86. The van der Waals surface area contributed by atoms with E-state index in [0.29, 0.717) is 22.7 Å². The van der Waals surface area contributed by atoms with Crippen LogP contribution >= 0.6 is 11.3 Å². The molecule has 4 nitrogen and oxygen atoms in total. The largest absolute Gasteiger partial charge is 0.319 e. The lowest BCUT2D eigenvalue weighted by Gasteiger charge is -2.04. The number of hydrogen-bond donors (Lipinski definition) is 0. The van der Waals surface area contributed by atoms with Crippen LogP contribution in [0.3, 0.4) is 0 Å². The van der Waals surface area contributed by atoms with Gasteiger partial charge in [0.05, 0.1) is 0 Å². The summed E-state index contributed by atoms with van der Waals surface area (Å²) in [6.07, 6.45) is 3.59. The number of thiazole rings is 1. The van der Waals surface area contributed by atoms with E-state index in [1.54, 1.807) is 24.5 Å². The zero-order valence-corrected chi connectivity index (χ0v) is 16.3. The number of amides is 1. The van der Waals surface area contributed by atoms with Crippen molar-refractivity contribution in [1.82, 2.24) is 4.57 Å². The van der Waals surface area contributed by atoms with Gasteiger partial charge in [0, 0.05) is 46.5 Å². The first-order chi connectivity index (χ1) is 12.5. The summed E-state index contributed by atoms with van der Waals surface area (Å²) < 4.78 is 13.4. The molecule has 26 heavy (non-hydrogen) atoms. The maximum Gasteiger partial charge on any atom is 0.279 e. The highest BCUT2D eigenvalue weighted by molar-refractivity contribution is 7.83. The smallest absolute Gasteiger partial charge is 0.279 e. The topological polar surface area (TPSA) is 51.4 Å². The molecule has 0 bridgehead atoms. The minimum atomic E-state index is -0.942. The number of aromatic nitrogens is 1. The molecule has 0 saturated carbocycles. The fourth-order valence-corrected chi connectivity index (χ4v) is 3.95. The minimum Gasteiger partial charge on any atom is -0.319 e. The molecule has 0 aliphatic heterocycles. The minimum absolute atomic E-state index is 0.283. The van der Waals surface area contributed by atoms with Gasteiger partial charge in [-0.15, -0.1) is 11.3 Å². The summed E-state index contributed by atoms with van der Waals surface area (Å²) in [4.78, 5) is 17.5. The van der Waals surface area contributed by atoms with Crippen LogP contribution in [0.1, 0.15) is 27.0 Å². The van der Waals surface area contributed by atoms with Crippen LogP contribution in [-0.2, 0) is 23.1 Å². The van der Waals surface area contributed by atoms with E-state index >= 15 is 0 Å². The number of hydrogen-bond acceptors (Lipinski definition) is 3. The van der Waals surface area contributed by atoms with Crippen LogP contribution in [0, 0.1) is 6.92 Å². The summed E-state index contributed by atoms with van der Waals surface area (Å²) in [7, 11) is -0.942. The molecule has 6 heteroatoms.